The van der Waals surface area contributed by atoms with Gasteiger partial charge in [-0.3, -0.25) is 0 Å². The van der Waals surface area contributed by atoms with E-state index in [2.05, 4.69) is 25.5 Å². The molecule has 178 valence electrons. The zero-order valence-corrected chi connectivity index (χ0v) is 18.5. The Bertz CT molecular complexity index is 1250. The molecule has 34 heavy (non-hydrogen) atoms. The predicted octanol–water partition coefficient (Wildman–Crippen LogP) is 3.95. The fraction of sp³-hybridized carbons (Fsp3) is 0.250. The highest BCUT2D eigenvalue weighted by atomic mass is 19.1. The van der Waals surface area contributed by atoms with E-state index < -0.39 is 11.9 Å². The molecule has 0 amide bonds. The summed E-state index contributed by atoms with van der Waals surface area (Å²) in [5.41, 5.74) is 9.57. The number of hydrogen-bond donors (Lipinski definition) is 2. The van der Waals surface area contributed by atoms with Crippen molar-refractivity contribution in [1.82, 2.24) is 30.3 Å². The van der Waals surface area contributed by atoms with Crippen molar-refractivity contribution in [1.29, 1.82) is 0 Å². The predicted molar refractivity (Wildman–Crippen MR) is 128 cm³/mol. The minimum Gasteiger partial charge on any atom is -0.482 e. The number of methoxy groups -OCH3 is 1. The molecule has 0 fully saturated rings. The topological polar surface area (TPSA) is 113 Å². The van der Waals surface area contributed by atoms with Crippen molar-refractivity contribution < 1.29 is 13.9 Å². The first-order valence-corrected chi connectivity index (χ1v) is 10.3. The quantitative estimate of drug-likeness (QED) is 0.402. The van der Waals surface area contributed by atoms with E-state index in [9.17, 15) is 4.39 Å². The molecule has 9 nitrogen and oxygen atoms in total. The number of hydrogen-bond acceptors (Lipinski definition) is 8. The lowest BCUT2D eigenvalue weighted by Gasteiger charge is -2.19. The highest BCUT2D eigenvalue weighted by Crippen LogP contribution is 2.35. The van der Waals surface area contributed by atoms with E-state index >= 15 is 0 Å². The van der Waals surface area contributed by atoms with Crippen molar-refractivity contribution in [2.24, 2.45) is 0 Å². The lowest BCUT2D eigenvalue weighted by molar-refractivity contribution is 0.226. The van der Waals surface area contributed by atoms with E-state index in [1.807, 2.05) is 19.2 Å². The van der Waals surface area contributed by atoms with Crippen LogP contribution in [0.3, 0.4) is 0 Å². The molecule has 1 aromatic carbocycles. The van der Waals surface area contributed by atoms with E-state index in [0.717, 1.165) is 16.8 Å². The van der Waals surface area contributed by atoms with Gasteiger partial charge in [-0.25, -0.2) is 14.4 Å². The van der Waals surface area contributed by atoms with Crippen LogP contribution < -0.4 is 20.5 Å². The zero-order chi connectivity index (χ0) is 23.4. The molecule has 10 heteroatoms. The molecule has 0 aliphatic heterocycles. The largest absolute Gasteiger partial charge is 0.482 e. The van der Waals surface area contributed by atoms with Crippen LogP contribution in [-0.4, -0.2) is 39.1 Å². The van der Waals surface area contributed by atoms with Crippen molar-refractivity contribution in [2.75, 3.05) is 19.9 Å². The van der Waals surface area contributed by atoms with Crippen LogP contribution >= 0.6 is 0 Å². The van der Waals surface area contributed by atoms with E-state index in [1.54, 1.807) is 44.8 Å². The summed E-state index contributed by atoms with van der Waals surface area (Å²) in [6.45, 7) is 2.41. The summed E-state index contributed by atoms with van der Waals surface area (Å²) >= 11 is 0. The van der Waals surface area contributed by atoms with Crippen molar-refractivity contribution in [3.63, 3.8) is 0 Å². The number of halogens is 1. The van der Waals surface area contributed by atoms with Crippen LogP contribution in [0.15, 0.2) is 55.0 Å². The average Bonchev–Trinajstić information content (AvgIpc) is 3.35. The maximum absolute atomic E-state index is 14.1. The third-order valence-corrected chi connectivity index (χ3v) is 5.03. The molecule has 3 N–H and O–H groups in total. The van der Waals surface area contributed by atoms with Gasteiger partial charge in [0, 0.05) is 29.4 Å². The number of nitrogen functional groups attached to an aromatic ring is 1. The van der Waals surface area contributed by atoms with Crippen molar-refractivity contribution in [3.8, 4) is 28.4 Å². The number of benzene rings is 1. The molecule has 0 bridgehead atoms. The minimum atomic E-state index is -0.570. The van der Waals surface area contributed by atoms with E-state index in [1.165, 1.54) is 16.9 Å². The molecule has 0 saturated carbocycles. The van der Waals surface area contributed by atoms with Crippen LogP contribution in [0.4, 0.5) is 10.2 Å². The summed E-state index contributed by atoms with van der Waals surface area (Å²) in [5.74, 6) is 0.628. The fourth-order valence-electron chi connectivity index (χ4n) is 3.46. The number of nitrogens with two attached hydrogens (primary N) is 1. The van der Waals surface area contributed by atoms with Crippen LogP contribution in [0.25, 0.3) is 16.8 Å². The van der Waals surface area contributed by atoms with Gasteiger partial charge in [0.2, 0.25) is 5.88 Å². The number of pyridine rings is 2. The molecular formula is C24H28FN7O2. The fourth-order valence-corrected chi connectivity index (χ4v) is 3.46. The van der Waals surface area contributed by atoms with E-state index in [0.29, 0.717) is 29.4 Å². The van der Waals surface area contributed by atoms with Crippen LogP contribution in [-0.2, 0) is 6.54 Å². The van der Waals surface area contributed by atoms with Gasteiger partial charge in [-0.1, -0.05) is 7.43 Å². The third kappa shape index (κ3) is 5.12. The number of nitrogens with zero attached hydrogens (tertiary/aromatic N) is 5. The molecule has 1 atom stereocenters. The number of nitrogens with one attached hydrogen (secondary N) is 1. The highest BCUT2D eigenvalue weighted by Gasteiger charge is 2.19. The van der Waals surface area contributed by atoms with Crippen molar-refractivity contribution in [2.45, 2.75) is 27.0 Å². The van der Waals surface area contributed by atoms with Gasteiger partial charge in [0.25, 0.3) is 0 Å². The molecule has 0 aliphatic rings. The molecule has 0 unspecified atom stereocenters. The molecule has 3 aromatic heterocycles. The summed E-state index contributed by atoms with van der Waals surface area (Å²) in [5, 5.41) is 11.3. The van der Waals surface area contributed by atoms with Gasteiger partial charge in [0.1, 0.15) is 11.9 Å². The molecule has 3 heterocycles. The Balaban J connectivity index is 0.00000324. The van der Waals surface area contributed by atoms with Gasteiger partial charge in [0.05, 0.1) is 30.9 Å². The maximum Gasteiger partial charge on any atom is 0.221 e. The lowest BCUT2D eigenvalue weighted by Crippen LogP contribution is -2.11. The van der Waals surface area contributed by atoms with Crippen LogP contribution in [0.5, 0.6) is 11.6 Å². The number of aromatic nitrogens is 5. The summed E-state index contributed by atoms with van der Waals surface area (Å²) in [4.78, 5) is 10.2. The van der Waals surface area contributed by atoms with Crippen LogP contribution in [0.2, 0.25) is 0 Å². The maximum atomic E-state index is 14.1. The molecule has 0 aliphatic carbocycles. The monoisotopic (exact) mass is 465 g/mol. The molecule has 0 saturated heterocycles. The number of rotatable bonds is 8. The molecule has 4 rings (SSSR count). The van der Waals surface area contributed by atoms with Gasteiger partial charge in [-0.2, -0.15) is 15.0 Å². The Morgan fingerprint density at radius 2 is 1.91 bits per heavy atom. The summed E-state index contributed by atoms with van der Waals surface area (Å²) < 4.78 is 25.7. The number of anilines is 1. The smallest absolute Gasteiger partial charge is 0.221 e. The van der Waals surface area contributed by atoms with Gasteiger partial charge >= 0.3 is 0 Å². The average molecular weight is 466 g/mol. The Kier molecular flexibility index (Phi) is 7.75. The molecule has 0 radical (unpaired) electrons. The Hall–Kier alpha value is -4.05. The Morgan fingerprint density at radius 1 is 1.15 bits per heavy atom. The second-order valence-electron chi connectivity index (χ2n) is 7.28. The van der Waals surface area contributed by atoms with E-state index in [4.69, 9.17) is 15.2 Å². The second-order valence-corrected chi connectivity index (χ2v) is 7.28. The second kappa shape index (κ2) is 10.7. The van der Waals surface area contributed by atoms with Gasteiger partial charge in [-0.05, 0) is 50.4 Å². The van der Waals surface area contributed by atoms with Crippen molar-refractivity contribution >= 4 is 5.82 Å². The molecular weight excluding hydrogens is 437 g/mol. The highest BCUT2D eigenvalue weighted by molar-refractivity contribution is 5.71. The minimum absolute atomic E-state index is 0. The normalized spacial score (nSPS) is 11.5. The first kappa shape index (κ1) is 24.6. The first-order chi connectivity index (χ1) is 16.0. The zero-order valence-electron chi connectivity index (χ0n) is 18.5. The third-order valence-electron chi connectivity index (χ3n) is 5.03. The van der Waals surface area contributed by atoms with Crippen molar-refractivity contribution in [3.05, 3.63) is 72.1 Å². The standard InChI is InChI=1S/C23H24FN7O2.CH4/c1-14(19-11-16(24)4-7-20(19)31-28-8-9-29-31)33-21-10-15(12-27-22(21)25)18-6-5-17(13-26-2)30-23(18)32-3;/h4-12,14,26H,13H2,1-3H3,(H2,25,27);1H4/t14-;/m1./s1. The Labute approximate surface area is 197 Å². The van der Waals surface area contributed by atoms with E-state index in [-0.39, 0.29) is 13.2 Å². The van der Waals surface area contributed by atoms with Gasteiger partial charge in [-0.15, -0.1) is 0 Å². The summed E-state index contributed by atoms with van der Waals surface area (Å²) in [6.07, 6.45) is 4.16. The first-order valence-electron chi connectivity index (χ1n) is 10.3. The van der Waals surface area contributed by atoms with Gasteiger partial charge < -0.3 is 20.5 Å². The number of ether oxygens (including phenoxy) is 2. The van der Waals surface area contributed by atoms with Crippen LogP contribution in [0.1, 0.15) is 31.7 Å². The summed E-state index contributed by atoms with van der Waals surface area (Å²) in [7, 11) is 3.41. The Morgan fingerprint density at radius 3 is 2.62 bits per heavy atom. The van der Waals surface area contributed by atoms with Gasteiger partial charge in [0.15, 0.2) is 11.6 Å². The molecule has 4 aromatic rings. The molecule has 0 spiro atoms. The van der Waals surface area contributed by atoms with Crippen LogP contribution in [0, 0.1) is 5.82 Å². The summed E-state index contributed by atoms with van der Waals surface area (Å²) in [6, 6.07) is 9.93. The lowest BCUT2D eigenvalue weighted by atomic mass is 10.1. The SMILES string of the molecule is C.CNCc1ccc(-c2cnc(N)c(O[C@H](C)c3cc(F)ccc3-n3nccn3)c2)c(OC)n1.